The van der Waals surface area contributed by atoms with Gasteiger partial charge < -0.3 is 14.4 Å². The van der Waals surface area contributed by atoms with E-state index in [0.717, 1.165) is 36.7 Å². The van der Waals surface area contributed by atoms with Gasteiger partial charge in [-0.3, -0.25) is 14.7 Å². The summed E-state index contributed by atoms with van der Waals surface area (Å²) < 4.78 is 11.1. The van der Waals surface area contributed by atoms with Crippen LogP contribution in [0, 0.1) is 5.92 Å². The van der Waals surface area contributed by atoms with E-state index in [1.54, 1.807) is 12.4 Å². The Morgan fingerprint density at radius 3 is 2.61 bits per heavy atom. The van der Waals surface area contributed by atoms with E-state index in [-0.39, 0.29) is 12.7 Å². The molecule has 5 aliphatic rings. The molecule has 2 bridgehead atoms. The number of rotatable bonds is 2. The van der Waals surface area contributed by atoms with Gasteiger partial charge in [-0.25, -0.2) is 0 Å². The van der Waals surface area contributed by atoms with Gasteiger partial charge in [0, 0.05) is 36.5 Å². The van der Waals surface area contributed by atoms with Crippen molar-refractivity contribution >= 4 is 5.91 Å². The number of carbonyl (C=O) groups excluding carboxylic acids is 1. The second-order valence-electron chi connectivity index (χ2n) is 8.27. The molecule has 3 atom stereocenters. The second-order valence-corrected chi connectivity index (χ2v) is 8.27. The molecule has 0 N–H and O–H groups in total. The molecule has 1 amide bonds. The number of nitrogens with zero attached hydrogens (tertiary/aromatic N) is 3. The largest absolute Gasteiger partial charge is 0.454 e. The van der Waals surface area contributed by atoms with Crippen LogP contribution in [0.4, 0.5) is 0 Å². The molecule has 0 spiro atoms. The van der Waals surface area contributed by atoms with Gasteiger partial charge in [0.25, 0.3) is 5.91 Å². The lowest BCUT2D eigenvalue weighted by molar-refractivity contribution is -0.00341. The molecule has 2 aromatic rings. The molecule has 1 aromatic carbocycles. The Labute approximate surface area is 164 Å². The minimum Gasteiger partial charge on any atom is -0.454 e. The fraction of sp³-hybridized carbons (Fsp3) is 0.455. The Hall–Kier alpha value is -2.60. The predicted octanol–water partition coefficient (Wildman–Crippen LogP) is 2.51. The smallest absolute Gasteiger partial charge is 0.254 e. The molecule has 7 rings (SSSR count). The number of amides is 1. The van der Waals surface area contributed by atoms with Gasteiger partial charge in [0.2, 0.25) is 6.79 Å². The molecule has 144 valence electrons. The number of benzene rings is 1. The minimum atomic E-state index is 0.134. The number of ether oxygens (including phenoxy) is 2. The van der Waals surface area contributed by atoms with Gasteiger partial charge in [0.05, 0.1) is 6.04 Å². The first-order chi connectivity index (χ1) is 13.8. The van der Waals surface area contributed by atoms with Gasteiger partial charge in [-0.1, -0.05) is 6.07 Å². The molecule has 4 saturated heterocycles. The molecule has 0 unspecified atom stereocenters. The molecule has 0 saturated carbocycles. The van der Waals surface area contributed by atoms with Crippen molar-refractivity contribution < 1.29 is 14.3 Å². The fourth-order valence-corrected chi connectivity index (χ4v) is 5.75. The molecule has 0 radical (unpaired) electrons. The third-order valence-corrected chi connectivity index (χ3v) is 7.01. The maximum absolute atomic E-state index is 13.4. The molecule has 6 heteroatoms. The summed E-state index contributed by atoms with van der Waals surface area (Å²) in [6.07, 6.45) is 5.78. The molecule has 0 aliphatic carbocycles. The van der Waals surface area contributed by atoms with E-state index in [1.165, 1.54) is 18.4 Å². The summed E-state index contributed by atoms with van der Waals surface area (Å²) in [6, 6.07) is 10.6. The lowest BCUT2D eigenvalue weighted by atomic mass is 9.75. The van der Waals surface area contributed by atoms with E-state index < -0.39 is 0 Å². The van der Waals surface area contributed by atoms with Crippen molar-refractivity contribution in [3.63, 3.8) is 0 Å². The third-order valence-electron chi connectivity index (χ3n) is 7.01. The molecule has 6 nitrogen and oxygen atoms in total. The molecule has 6 heterocycles. The van der Waals surface area contributed by atoms with Crippen LogP contribution in [-0.2, 0) is 0 Å². The van der Waals surface area contributed by atoms with Crippen molar-refractivity contribution in [2.45, 2.75) is 30.8 Å². The van der Waals surface area contributed by atoms with Crippen LogP contribution in [0.25, 0.3) is 0 Å². The zero-order valence-electron chi connectivity index (χ0n) is 15.7. The molecule has 4 fully saturated rings. The molecule has 5 aliphatic heterocycles. The Bertz CT molecular complexity index is 910. The predicted molar refractivity (Wildman–Crippen MR) is 102 cm³/mol. The Balaban J connectivity index is 1.39. The number of piperidine rings is 3. The summed E-state index contributed by atoms with van der Waals surface area (Å²) in [5.74, 6) is 2.67. The molecular weight excluding hydrogens is 354 g/mol. The minimum absolute atomic E-state index is 0.134. The summed E-state index contributed by atoms with van der Waals surface area (Å²) in [7, 11) is 0. The maximum Gasteiger partial charge on any atom is 0.254 e. The SMILES string of the molecule is O=C(c1ccncc1)N1C[C@@H](c2ccc3c(c2)OCO3)[C@@H]2[C@H]1C1CCN2CC1. The summed E-state index contributed by atoms with van der Waals surface area (Å²) in [5.41, 5.74) is 1.98. The van der Waals surface area contributed by atoms with Crippen LogP contribution in [0.2, 0.25) is 0 Å². The summed E-state index contributed by atoms with van der Waals surface area (Å²) in [4.78, 5) is 22.2. The number of carbonyl (C=O) groups is 1. The lowest BCUT2D eigenvalue weighted by Crippen LogP contribution is -2.60. The van der Waals surface area contributed by atoms with Crippen LogP contribution in [0.5, 0.6) is 11.5 Å². The number of likely N-dealkylation sites (tertiary alicyclic amines) is 1. The highest BCUT2D eigenvalue weighted by Gasteiger charge is 2.54. The van der Waals surface area contributed by atoms with Crippen LogP contribution in [0.1, 0.15) is 34.7 Å². The number of fused-ring (bicyclic) bond motifs is 3. The van der Waals surface area contributed by atoms with E-state index in [9.17, 15) is 4.79 Å². The highest BCUT2D eigenvalue weighted by molar-refractivity contribution is 5.94. The highest BCUT2D eigenvalue weighted by Crippen LogP contribution is 2.48. The normalized spacial score (nSPS) is 32.4. The van der Waals surface area contributed by atoms with Gasteiger partial charge in [-0.2, -0.15) is 0 Å². The van der Waals surface area contributed by atoms with Gasteiger partial charge in [0.1, 0.15) is 0 Å². The zero-order chi connectivity index (χ0) is 18.7. The molecule has 1 aromatic heterocycles. The first kappa shape index (κ1) is 16.4. The van der Waals surface area contributed by atoms with Gasteiger partial charge in [-0.15, -0.1) is 0 Å². The van der Waals surface area contributed by atoms with E-state index in [1.807, 2.05) is 18.2 Å². The lowest BCUT2D eigenvalue weighted by Gasteiger charge is -2.51. The maximum atomic E-state index is 13.4. The van der Waals surface area contributed by atoms with Crippen molar-refractivity contribution in [2.24, 2.45) is 5.92 Å². The Morgan fingerprint density at radius 2 is 1.79 bits per heavy atom. The Morgan fingerprint density at radius 1 is 1.00 bits per heavy atom. The van der Waals surface area contributed by atoms with E-state index >= 15 is 0 Å². The van der Waals surface area contributed by atoms with E-state index in [4.69, 9.17) is 9.47 Å². The Kier molecular flexibility index (Phi) is 3.63. The van der Waals surface area contributed by atoms with Crippen molar-refractivity contribution in [1.82, 2.24) is 14.8 Å². The van der Waals surface area contributed by atoms with Crippen LogP contribution < -0.4 is 9.47 Å². The first-order valence-corrected chi connectivity index (χ1v) is 10.1. The summed E-state index contributed by atoms with van der Waals surface area (Å²) in [5, 5.41) is 0. The van der Waals surface area contributed by atoms with Crippen molar-refractivity contribution in [2.75, 3.05) is 26.4 Å². The average Bonchev–Trinajstić information content (AvgIpc) is 3.40. The topological polar surface area (TPSA) is 54.9 Å². The summed E-state index contributed by atoms with van der Waals surface area (Å²) in [6.45, 7) is 3.33. The van der Waals surface area contributed by atoms with Crippen molar-refractivity contribution in [3.8, 4) is 11.5 Å². The first-order valence-electron chi connectivity index (χ1n) is 10.1. The van der Waals surface area contributed by atoms with Gasteiger partial charge >= 0.3 is 0 Å². The van der Waals surface area contributed by atoms with Crippen LogP contribution in [-0.4, -0.2) is 59.2 Å². The third kappa shape index (κ3) is 2.37. The van der Waals surface area contributed by atoms with E-state index in [2.05, 4.69) is 26.9 Å². The van der Waals surface area contributed by atoms with Crippen LogP contribution in [0.15, 0.2) is 42.7 Å². The standard InChI is InChI=1S/C22H23N3O3/c26-22(15-3-7-23-8-4-15)25-12-17(16-1-2-18-19(11-16)28-13-27-18)21-20(25)14-5-9-24(21)10-6-14/h1-4,7-8,11,14,17,20-21H,5-6,9-10,12-13H2/t17-,20+,21+/m0/s1. The number of hydrogen-bond donors (Lipinski definition) is 0. The molecule has 28 heavy (non-hydrogen) atoms. The average molecular weight is 377 g/mol. The van der Waals surface area contributed by atoms with Crippen molar-refractivity contribution in [3.05, 3.63) is 53.9 Å². The number of hydrogen-bond acceptors (Lipinski definition) is 5. The molecular formula is C22H23N3O3. The van der Waals surface area contributed by atoms with Gasteiger partial charge in [-0.05, 0) is 61.7 Å². The van der Waals surface area contributed by atoms with E-state index in [0.29, 0.717) is 23.9 Å². The number of aromatic nitrogens is 1. The van der Waals surface area contributed by atoms with Crippen LogP contribution >= 0.6 is 0 Å². The van der Waals surface area contributed by atoms with Crippen molar-refractivity contribution in [1.29, 1.82) is 0 Å². The monoisotopic (exact) mass is 377 g/mol. The highest BCUT2D eigenvalue weighted by atomic mass is 16.7. The summed E-state index contributed by atoms with van der Waals surface area (Å²) >= 11 is 0. The second kappa shape index (κ2) is 6.21. The number of pyridine rings is 1. The fourth-order valence-electron chi connectivity index (χ4n) is 5.75. The van der Waals surface area contributed by atoms with Gasteiger partial charge in [0.15, 0.2) is 11.5 Å². The van der Waals surface area contributed by atoms with Crippen LogP contribution in [0.3, 0.4) is 0 Å². The zero-order valence-corrected chi connectivity index (χ0v) is 15.7. The quantitative estimate of drug-likeness (QED) is 0.805.